The fourth-order valence-electron chi connectivity index (χ4n) is 2.25. The zero-order valence-corrected chi connectivity index (χ0v) is 10.3. The number of hydrogen-bond acceptors (Lipinski definition) is 3. The van der Waals surface area contributed by atoms with Gasteiger partial charge < -0.3 is 15.0 Å². The van der Waals surface area contributed by atoms with Crippen LogP contribution in [0.4, 0.5) is 0 Å². The van der Waals surface area contributed by atoms with Gasteiger partial charge in [-0.05, 0) is 13.3 Å². The number of hydrogen-bond donors (Lipinski definition) is 2. The van der Waals surface area contributed by atoms with Crippen LogP contribution in [0.2, 0.25) is 0 Å². The summed E-state index contributed by atoms with van der Waals surface area (Å²) in [5.74, 6) is 1.05. The van der Waals surface area contributed by atoms with Gasteiger partial charge >= 0.3 is 0 Å². The second-order valence-electron chi connectivity index (χ2n) is 5.25. The average molecular weight is 223 g/mol. The zero-order chi connectivity index (χ0) is 11.8. The maximum absolute atomic E-state index is 9.62. The molecule has 0 aromatic carbocycles. The molecule has 1 aliphatic carbocycles. The van der Waals surface area contributed by atoms with Crippen molar-refractivity contribution in [1.82, 2.24) is 14.9 Å². The minimum Gasteiger partial charge on any atom is -0.392 e. The molecule has 0 amide bonds. The van der Waals surface area contributed by atoms with Gasteiger partial charge in [0.05, 0.1) is 6.10 Å². The van der Waals surface area contributed by atoms with Gasteiger partial charge in [-0.15, -0.1) is 0 Å². The van der Waals surface area contributed by atoms with Gasteiger partial charge in [0, 0.05) is 36.9 Å². The summed E-state index contributed by atoms with van der Waals surface area (Å²) in [6.07, 6.45) is 4.54. The van der Waals surface area contributed by atoms with E-state index in [-0.39, 0.29) is 11.5 Å². The number of aryl methyl sites for hydroxylation is 1. The van der Waals surface area contributed by atoms with E-state index in [1.54, 1.807) is 0 Å². The van der Waals surface area contributed by atoms with Crippen molar-refractivity contribution in [2.24, 2.45) is 5.41 Å². The van der Waals surface area contributed by atoms with Crippen molar-refractivity contribution in [3.05, 3.63) is 18.2 Å². The molecule has 16 heavy (non-hydrogen) atoms. The third-order valence-corrected chi connectivity index (χ3v) is 3.88. The Bertz CT molecular complexity index is 359. The molecule has 1 heterocycles. The van der Waals surface area contributed by atoms with Crippen LogP contribution in [0.1, 0.15) is 26.1 Å². The highest BCUT2D eigenvalue weighted by Crippen LogP contribution is 2.40. The summed E-state index contributed by atoms with van der Waals surface area (Å²) in [4.78, 5) is 4.18. The highest BCUT2D eigenvalue weighted by Gasteiger charge is 2.46. The molecule has 2 rings (SSSR count). The first-order chi connectivity index (χ1) is 7.51. The van der Waals surface area contributed by atoms with E-state index < -0.39 is 0 Å². The van der Waals surface area contributed by atoms with Crippen molar-refractivity contribution in [3.8, 4) is 0 Å². The van der Waals surface area contributed by atoms with Crippen molar-refractivity contribution >= 4 is 0 Å². The zero-order valence-electron chi connectivity index (χ0n) is 10.3. The lowest BCUT2D eigenvalue weighted by Gasteiger charge is -2.49. The third-order valence-electron chi connectivity index (χ3n) is 3.88. The molecule has 0 radical (unpaired) electrons. The van der Waals surface area contributed by atoms with Crippen LogP contribution in [0, 0.1) is 12.3 Å². The van der Waals surface area contributed by atoms with Crippen molar-refractivity contribution in [1.29, 1.82) is 0 Å². The number of imidazole rings is 1. The monoisotopic (exact) mass is 223 g/mol. The number of aliphatic hydroxyl groups excluding tert-OH is 1. The SMILES string of the molecule is Cc1nccn1CCNC1CC(O)C1(C)C. The number of nitrogens with zero attached hydrogens (tertiary/aromatic N) is 2. The second-order valence-corrected chi connectivity index (χ2v) is 5.25. The lowest BCUT2D eigenvalue weighted by molar-refractivity contribution is -0.0723. The van der Waals surface area contributed by atoms with Gasteiger partial charge in [-0.3, -0.25) is 0 Å². The Labute approximate surface area is 96.7 Å². The summed E-state index contributed by atoms with van der Waals surface area (Å²) in [6, 6.07) is 0.436. The number of aliphatic hydroxyl groups is 1. The standard InChI is InChI=1S/C12H21N3O/c1-9-13-4-6-15(9)7-5-14-10-8-11(16)12(10,2)3/h4,6,10-11,14,16H,5,7-8H2,1-3H3. The first-order valence-corrected chi connectivity index (χ1v) is 5.91. The van der Waals surface area contributed by atoms with Gasteiger partial charge in [0.2, 0.25) is 0 Å². The molecule has 0 saturated heterocycles. The molecule has 1 aromatic heterocycles. The van der Waals surface area contributed by atoms with Crippen LogP contribution in [0.5, 0.6) is 0 Å². The first-order valence-electron chi connectivity index (χ1n) is 5.91. The predicted molar refractivity (Wildman–Crippen MR) is 63.2 cm³/mol. The van der Waals surface area contributed by atoms with Gasteiger partial charge in [-0.2, -0.15) is 0 Å². The molecule has 0 bridgehead atoms. The van der Waals surface area contributed by atoms with E-state index in [4.69, 9.17) is 0 Å². The van der Waals surface area contributed by atoms with Crippen molar-refractivity contribution in [3.63, 3.8) is 0 Å². The maximum atomic E-state index is 9.62. The molecule has 2 unspecified atom stereocenters. The summed E-state index contributed by atoms with van der Waals surface area (Å²) in [5, 5.41) is 13.1. The van der Waals surface area contributed by atoms with E-state index in [9.17, 15) is 5.11 Å². The Morgan fingerprint density at radius 2 is 2.38 bits per heavy atom. The first kappa shape index (κ1) is 11.6. The van der Waals surface area contributed by atoms with E-state index in [1.807, 2.05) is 19.3 Å². The Balaban J connectivity index is 1.76. The van der Waals surface area contributed by atoms with Crippen LogP contribution in [-0.2, 0) is 6.54 Å². The normalized spacial score (nSPS) is 27.8. The highest BCUT2D eigenvalue weighted by atomic mass is 16.3. The average Bonchev–Trinajstić information content (AvgIpc) is 2.63. The van der Waals surface area contributed by atoms with Crippen LogP contribution in [-0.4, -0.2) is 33.3 Å². The van der Waals surface area contributed by atoms with Gasteiger partial charge in [-0.1, -0.05) is 13.8 Å². The quantitative estimate of drug-likeness (QED) is 0.798. The van der Waals surface area contributed by atoms with Crippen LogP contribution in [0.15, 0.2) is 12.4 Å². The molecule has 4 heteroatoms. The molecule has 1 fully saturated rings. The molecule has 2 atom stereocenters. The molecule has 1 aliphatic rings. The van der Waals surface area contributed by atoms with Crippen molar-refractivity contribution in [2.45, 2.75) is 45.9 Å². The summed E-state index contributed by atoms with van der Waals surface area (Å²) >= 11 is 0. The summed E-state index contributed by atoms with van der Waals surface area (Å²) in [6.45, 7) is 8.10. The molecular weight excluding hydrogens is 202 g/mol. The van der Waals surface area contributed by atoms with Gasteiger partial charge in [0.25, 0.3) is 0 Å². The van der Waals surface area contributed by atoms with E-state index in [1.165, 1.54) is 0 Å². The molecule has 0 spiro atoms. The van der Waals surface area contributed by atoms with Crippen molar-refractivity contribution < 1.29 is 5.11 Å². The lowest BCUT2D eigenvalue weighted by atomic mass is 9.64. The molecule has 2 N–H and O–H groups in total. The molecule has 0 aliphatic heterocycles. The highest BCUT2D eigenvalue weighted by molar-refractivity contribution is 5.01. The van der Waals surface area contributed by atoms with Gasteiger partial charge in [0.1, 0.15) is 5.82 Å². The lowest BCUT2D eigenvalue weighted by Crippen LogP contribution is -2.60. The minimum absolute atomic E-state index is 0.0178. The van der Waals surface area contributed by atoms with E-state index >= 15 is 0 Å². The second kappa shape index (κ2) is 4.18. The number of aromatic nitrogens is 2. The molecule has 1 aromatic rings. The van der Waals surface area contributed by atoms with Crippen LogP contribution >= 0.6 is 0 Å². The number of nitrogens with one attached hydrogen (secondary N) is 1. The minimum atomic E-state index is -0.153. The fourth-order valence-corrected chi connectivity index (χ4v) is 2.25. The van der Waals surface area contributed by atoms with Crippen LogP contribution in [0.3, 0.4) is 0 Å². The van der Waals surface area contributed by atoms with Crippen LogP contribution < -0.4 is 5.32 Å². The smallest absolute Gasteiger partial charge is 0.105 e. The Morgan fingerprint density at radius 3 is 2.88 bits per heavy atom. The fraction of sp³-hybridized carbons (Fsp3) is 0.750. The van der Waals surface area contributed by atoms with E-state index in [0.29, 0.717) is 6.04 Å². The van der Waals surface area contributed by atoms with Gasteiger partial charge in [-0.25, -0.2) is 4.98 Å². The molecular formula is C12H21N3O. The largest absolute Gasteiger partial charge is 0.392 e. The molecule has 1 saturated carbocycles. The summed E-state index contributed by atoms with van der Waals surface area (Å²) in [7, 11) is 0. The van der Waals surface area contributed by atoms with Gasteiger partial charge in [0.15, 0.2) is 0 Å². The maximum Gasteiger partial charge on any atom is 0.105 e. The van der Waals surface area contributed by atoms with E-state index in [2.05, 4.69) is 28.7 Å². The van der Waals surface area contributed by atoms with Crippen molar-refractivity contribution in [2.75, 3.05) is 6.54 Å². The number of rotatable bonds is 4. The summed E-state index contributed by atoms with van der Waals surface area (Å²) < 4.78 is 2.13. The Morgan fingerprint density at radius 1 is 1.62 bits per heavy atom. The van der Waals surface area contributed by atoms with Crippen LogP contribution in [0.25, 0.3) is 0 Å². The topological polar surface area (TPSA) is 50.1 Å². The Hall–Kier alpha value is -0.870. The molecule has 90 valence electrons. The summed E-state index contributed by atoms with van der Waals surface area (Å²) in [5.41, 5.74) is 0.0178. The molecule has 4 nitrogen and oxygen atoms in total. The third kappa shape index (κ3) is 1.99. The van der Waals surface area contributed by atoms with E-state index in [0.717, 1.165) is 25.3 Å². The predicted octanol–water partition coefficient (Wildman–Crippen LogP) is 0.941. The Kier molecular flexibility index (Phi) is 3.04.